The summed E-state index contributed by atoms with van der Waals surface area (Å²) in [5.41, 5.74) is 3.18. The minimum atomic E-state index is -4.13. The van der Waals surface area contributed by atoms with Crippen LogP contribution in [0.5, 0.6) is 0 Å². The zero-order chi connectivity index (χ0) is 46.3. The average molecular weight is 919 g/mol. The molecule has 0 unspecified atom stereocenters. The molecule has 4 aliphatic rings. The summed E-state index contributed by atoms with van der Waals surface area (Å²) in [4.78, 5) is 0. The van der Waals surface area contributed by atoms with Gasteiger partial charge in [-0.2, -0.15) is 26.3 Å². The van der Waals surface area contributed by atoms with E-state index < -0.39 is 25.2 Å². The summed E-state index contributed by atoms with van der Waals surface area (Å²) in [6.45, 7) is 6.40. The quantitative estimate of drug-likeness (QED) is 0.0817. The molecule has 2 aromatic rings. The fourth-order valence-corrected chi connectivity index (χ4v) is 12.0. The van der Waals surface area contributed by atoms with Crippen LogP contribution in [0.2, 0.25) is 0 Å². The van der Waals surface area contributed by atoms with Crippen molar-refractivity contribution >= 4 is 0 Å². The monoisotopic (exact) mass is 919 g/mol. The predicted octanol–water partition coefficient (Wildman–Crippen LogP) is 18.4. The van der Waals surface area contributed by atoms with Gasteiger partial charge in [0.15, 0.2) is 0 Å². The zero-order valence-electron chi connectivity index (χ0n) is 40.7. The highest BCUT2D eigenvalue weighted by molar-refractivity contribution is 5.27. The number of hydrogen-bond donors (Lipinski definition) is 0. The molecule has 8 heteroatoms. The third-order valence-corrected chi connectivity index (χ3v) is 16.0. The van der Waals surface area contributed by atoms with Gasteiger partial charge in [-0.3, -0.25) is 0 Å². The lowest BCUT2D eigenvalue weighted by Crippen LogP contribution is -2.28. The van der Waals surface area contributed by atoms with E-state index in [0.29, 0.717) is 35.2 Å². The molecule has 0 saturated heterocycles. The fraction of sp³-hybridized carbons (Fsp3) is 0.789. The second-order valence-corrected chi connectivity index (χ2v) is 21.0. The summed E-state index contributed by atoms with van der Waals surface area (Å²) < 4.78 is 87.8. The number of hydrogen-bond acceptors (Lipinski definition) is 2. The maximum absolute atomic E-state index is 12.6. The summed E-state index contributed by atoms with van der Waals surface area (Å²) in [6, 6.07) is 14.4. The van der Waals surface area contributed by atoms with Gasteiger partial charge in [-0.05, 0) is 173 Å². The Bertz CT molecular complexity index is 1490. The van der Waals surface area contributed by atoms with Crippen LogP contribution < -0.4 is 0 Å². The number of alkyl halides is 6. The first-order chi connectivity index (χ1) is 31.4. The third kappa shape index (κ3) is 21.0. The van der Waals surface area contributed by atoms with E-state index in [9.17, 15) is 26.3 Å². The highest BCUT2D eigenvalue weighted by Crippen LogP contribution is 2.45. The summed E-state index contributed by atoms with van der Waals surface area (Å²) in [6.07, 6.45) is 28.2. The SMILES string of the molecule is CCCCCCCCCOC1CCC(C2CCC(c3ccc(CC(F)(F)F)cc3)CC2)CC1.CCCCCCCCOC1CCC(C2CCC(c3ccc(CC(F)(F)F)cc3)CC2)CC1. The molecule has 0 aromatic heterocycles. The molecule has 6 rings (SSSR count). The lowest BCUT2D eigenvalue weighted by atomic mass is 9.69. The molecule has 370 valence electrons. The summed E-state index contributed by atoms with van der Waals surface area (Å²) in [7, 11) is 0. The van der Waals surface area contributed by atoms with Gasteiger partial charge in [-0.25, -0.2) is 0 Å². The Hall–Kier alpha value is -2.06. The second-order valence-electron chi connectivity index (χ2n) is 21.0. The van der Waals surface area contributed by atoms with Gasteiger partial charge in [0.25, 0.3) is 0 Å². The van der Waals surface area contributed by atoms with E-state index in [1.165, 1.54) is 197 Å². The van der Waals surface area contributed by atoms with Crippen LogP contribution in [-0.4, -0.2) is 37.8 Å². The van der Waals surface area contributed by atoms with Crippen molar-refractivity contribution in [3.63, 3.8) is 0 Å². The van der Waals surface area contributed by atoms with Gasteiger partial charge in [0.2, 0.25) is 0 Å². The van der Waals surface area contributed by atoms with Gasteiger partial charge in [0.1, 0.15) is 0 Å². The van der Waals surface area contributed by atoms with E-state index in [4.69, 9.17) is 9.47 Å². The van der Waals surface area contributed by atoms with Crippen LogP contribution in [-0.2, 0) is 22.3 Å². The van der Waals surface area contributed by atoms with E-state index in [0.717, 1.165) is 36.9 Å². The fourth-order valence-electron chi connectivity index (χ4n) is 12.0. The van der Waals surface area contributed by atoms with Gasteiger partial charge in [-0.15, -0.1) is 0 Å². The first kappa shape index (κ1) is 53.9. The van der Waals surface area contributed by atoms with Crippen LogP contribution >= 0.6 is 0 Å². The standard InChI is InChI=1S/C29H45F3O.C28H43F3O/c1-2-3-4-5-6-7-8-21-33-28-19-17-27(18-20-28)26-15-13-25(14-16-26)24-11-9-23(10-12-24)22-29(30,31)32;1-2-3-4-5-6-7-20-32-27-18-16-26(17-19-27)25-14-12-24(13-15-25)23-10-8-22(9-11-23)21-28(29,30)31/h9-12,25-28H,2-8,13-22H2,1H3;8-11,24-27H,2-7,12-21H2,1H3. The number of rotatable bonds is 23. The van der Waals surface area contributed by atoms with Crippen molar-refractivity contribution in [2.24, 2.45) is 23.7 Å². The molecule has 0 radical (unpaired) electrons. The highest BCUT2D eigenvalue weighted by Gasteiger charge is 2.34. The minimum absolute atomic E-state index is 0.366. The Labute approximate surface area is 391 Å². The summed E-state index contributed by atoms with van der Waals surface area (Å²) >= 11 is 0. The Morgan fingerprint density at radius 2 is 0.646 bits per heavy atom. The molecule has 0 bridgehead atoms. The molecule has 2 nitrogen and oxygen atoms in total. The first-order valence-corrected chi connectivity index (χ1v) is 26.9. The molecule has 0 atom stereocenters. The molecule has 4 fully saturated rings. The van der Waals surface area contributed by atoms with Crippen molar-refractivity contribution in [1.29, 1.82) is 0 Å². The van der Waals surface area contributed by atoms with Crippen molar-refractivity contribution < 1.29 is 35.8 Å². The maximum atomic E-state index is 12.6. The van der Waals surface area contributed by atoms with Crippen molar-refractivity contribution in [1.82, 2.24) is 0 Å². The first-order valence-electron chi connectivity index (χ1n) is 26.9. The van der Waals surface area contributed by atoms with E-state index in [1.807, 2.05) is 24.3 Å². The van der Waals surface area contributed by atoms with Crippen molar-refractivity contribution in [3.05, 3.63) is 70.8 Å². The maximum Gasteiger partial charge on any atom is 0.393 e. The van der Waals surface area contributed by atoms with Crippen LogP contribution in [0.4, 0.5) is 26.3 Å². The minimum Gasteiger partial charge on any atom is -0.378 e. The number of ether oxygens (including phenoxy) is 2. The van der Waals surface area contributed by atoms with Gasteiger partial charge in [0, 0.05) is 13.2 Å². The molecular weight excluding hydrogens is 831 g/mol. The molecule has 0 spiro atoms. The Morgan fingerprint density at radius 3 is 0.938 bits per heavy atom. The van der Waals surface area contributed by atoms with Gasteiger partial charge >= 0.3 is 12.4 Å². The molecule has 0 aliphatic heterocycles. The molecule has 65 heavy (non-hydrogen) atoms. The van der Waals surface area contributed by atoms with E-state index >= 15 is 0 Å². The van der Waals surface area contributed by atoms with Gasteiger partial charge < -0.3 is 9.47 Å². The molecule has 0 N–H and O–H groups in total. The Balaban J connectivity index is 0.000000244. The highest BCUT2D eigenvalue weighted by atomic mass is 19.4. The topological polar surface area (TPSA) is 18.5 Å². The third-order valence-electron chi connectivity index (χ3n) is 16.0. The molecule has 4 saturated carbocycles. The zero-order valence-corrected chi connectivity index (χ0v) is 40.7. The largest absolute Gasteiger partial charge is 0.393 e. The molecule has 0 heterocycles. The predicted molar refractivity (Wildman–Crippen MR) is 257 cm³/mol. The second kappa shape index (κ2) is 29.1. The molecular formula is C57H88F6O2. The number of benzene rings is 2. The van der Waals surface area contributed by atoms with Crippen molar-refractivity contribution in [2.45, 2.75) is 249 Å². The Morgan fingerprint density at radius 1 is 0.369 bits per heavy atom. The Kier molecular flexibility index (Phi) is 24.1. The smallest absolute Gasteiger partial charge is 0.378 e. The summed E-state index contributed by atoms with van der Waals surface area (Å²) in [5, 5.41) is 0. The lowest BCUT2D eigenvalue weighted by molar-refractivity contribution is -0.128. The van der Waals surface area contributed by atoms with Crippen LogP contribution in [0.25, 0.3) is 0 Å². The summed E-state index contributed by atoms with van der Waals surface area (Å²) in [5.74, 6) is 4.38. The van der Waals surface area contributed by atoms with Gasteiger partial charge in [-0.1, -0.05) is 133 Å². The van der Waals surface area contributed by atoms with Crippen LogP contribution in [0.15, 0.2) is 48.5 Å². The molecule has 2 aromatic carbocycles. The molecule has 0 amide bonds. The number of halogens is 6. The van der Waals surface area contributed by atoms with Crippen LogP contribution in [0.3, 0.4) is 0 Å². The molecule has 4 aliphatic carbocycles. The van der Waals surface area contributed by atoms with E-state index in [2.05, 4.69) is 13.8 Å². The van der Waals surface area contributed by atoms with Gasteiger partial charge in [0.05, 0.1) is 25.0 Å². The van der Waals surface area contributed by atoms with E-state index in [-0.39, 0.29) is 0 Å². The number of unbranched alkanes of at least 4 members (excludes halogenated alkanes) is 11. The van der Waals surface area contributed by atoms with Crippen LogP contribution in [0.1, 0.15) is 234 Å². The lowest BCUT2D eigenvalue weighted by Gasteiger charge is -2.38. The van der Waals surface area contributed by atoms with Crippen LogP contribution in [0, 0.1) is 23.7 Å². The average Bonchev–Trinajstić information content (AvgIpc) is 3.30. The normalized spacial score (nSPS) is 26.6. The van der Waals surface area contributed by atoms with Crippen molar-refractivity contribution in [3.8, 4) is 0 Å². The van der Waals surface area contributed by atoms with Crippen molar-refractivity contribution in [2.75, 3.05) is 13.2 Å². The van der Waals surface area contributed by atoms with E-state index in [1.54, 1.807) is 24.3 Å².